The Bertz CT molecular complexity index is 1160. The molecule has 2 aromatic heterocycles. The molecule has 0 aliphatic rings. The maximum absolute atomic E-state index is 12.9. The number of hydrogen-bond acceptors (Lipinski definition) is 4. The molecule has 0 spiro atoms. The van der Waals surface area contributed by atoms with E-state index in [2.05, 4.69) is 20.6 Å². The van der Waals surface area contributed by atoms with Gasteiger partial charge in [-0.1, -0.05) is 58.7 Å². The molecule has 144 valence electrons. The van der Waals surface area contributed by atoms with Crippen LogP contribution in [0.2, 0.25) is 10.0 Å². The molecule has 0 radical (unpaired) electrons. The first-order valence-electron chi connectivity index (χ1n) is 8.78. The summed E-state index contributed by atoms with van der Waals surface area (Å²) in [5, 5.41) is 12.2. The van der Waals surface area contributed by atoms with Crippen molar-refractivity contribution in [2.45, 2.75) is 6.54 Å². The standard InChI is InChI=1S/C21H15Cl2N5O/c22-16-8-2-1-6-14(16)13-25-21(29)19-20(15-7-5-11-24-12-15)28(27-26-19)18-10-4-3-9-17(18)23/h1-12H,13H2,(H,25,29). The lowest BCUT2D eigenvalue weighted by Crippen LogP contribution is -2.24. The molecule has 6 nitrogen and oxygen atoms in total. The molecule has 0 atom stereocenters. The minimum absolute atomic E-state index is 0.171. The van der Waals surface area contributed by atoms with Crippen molar-refractivity contribution in [1.29, 1.82) is 0 Å². The molecule has 0 saturated carbocycles. The molecule has 2 heterocycles. The van der Waals surface area contributed by atoms with Gasteiger partial charge >= 0.3 is 0 Å². The Labute approximate surface area is 177 Å². The molecule has 4 aromatic rings. The van der Waals surface area contributed by atoms with Gasteiger partial charge in [-0.25, -0.2) is 4.68 Å². The summed E-state index contributed by atoms with van der Waals surface area (Å²) >= 11 is 12.5. The molecular weight excluding hydrogens is 409 g/mol. The van der Waals surface area contributed by atoms with Gasteiger partial charge in [0.05, 0.1) is 10.7 Å². The second kappa shape index (κ2) is 8.43. The number of benzene rings is 2. The zero-order valence-electron chi connectivity index (χ0n) is 15.1. The van der Waals surface area contributed by atoms with Crippen LogP contribution in [0.15, 0.2) is 73.1 Å². The van der Waals surface area contributed by atoms with Crippen molar-refractivity contribution < 1.29 is 4.79 Å². The fourth-order valence-corrected chi connectivity index (χ4v) is 3.31. The summed E-state index contributed by atoms with van der Waals surface area (Å²) in [5.41, 5.74) is 2.79. The first-order chi connectivity index (χ1) is 14.1. The van der Waals surface area contributed by atoms with E-state index in [1.807, 2.05) is 42.5 Å². The van der Waals surface area contributed by atoms with E-state index in [9.17, 15) is 4.79 Å². The number of carbonyl (C=O) groups excluding carboxylic acids is 1. The number of pyridine rings is 1. The zero-order valence-corrected chi connectivity index (χ0v) is 16.6. The number of nitrogens with one attached hydrogen (secondary N) is 1. The minimum atomic E-state index is -0.373. The van der Waals surface area contributed by atoms with Gasteiger partial charge in [0.25, 0.3) is 5.91 Å². The van der Waals surface area contributed by atoms with Gasteiger partial charge in [0.15, 0.2) is 5.69 Å². The highest BCUT2D eigenvalue weighted by Gasteiger charge is 2.23. The number of rotatable bonds is 5. The molecule has 4 rings (SSSR count). The summed E-state index contributed by atoms with van der Waals surface area (Å²) in [7, 11) is 0. The molecule has 0 fully saturated rings. The van der Waals surface area contributed by atoms with E-state index in [0.29, 0.717) is 27.0 Å². The first-order valence-corrected chi connectivity index (χ1v) is 9.53. The fourth-order valence-electron chi connectivity index (χ4n) is 2.89. The number of aromatic nitrogens is 4. The maximum Gasteiger partial charge on any atom is 0.274 e. The summed E-state index contributed by atoms with van der Waals surface area (Å²) in [4.78, 5) is 17.1. The third-order valence-electron chi connectivity index (χ3n) is 4.30. The lowest BCUT2D eigenvalue weighted by atomic mass is 10.1. The third kappa shape index (κ3) is 3.99. The Morgan fingerprint density at radius 2 is 1.72 bits per heavy atom. The second-order valence-electron chi connectivity index (χ2n) is 6.17. The first kappa shape index (κ1) is 19.1. The number of halogens is 2. The molecular formula is C21H15Cl2N5O. The van der Waals surface area contributed by atoms with Gasteiger partial charge in [-0.05, 0) is 35.9 Å². The van der Waals surface area contributed by atoms with E-state index in [1.165, 1.54) is 0 Å². The molecule has 0 bridgehead atoms. The summed E-state index contributed by atoms with van der Waals surface area (Å²) in [6.45, 7) is 0.268. The van der Waals surface area contributed by atoms with Crippen molar-refractivity contribution >= 4 is 29.1 Å². The van der Waals surface area contributed by atoms with Crippen molar-refractivity contribution in [3.05, 3.63) is 94.4 Å². The summed E-state index contributed by atoms with van der Waals surface area (Å²) in [5.74, 6) is -0.373. The van der Waals surface area contributed by atoms with Crippen molar-refractivity contribution in [2.75, 3.05) is 0 Å². The van der Waals surface area contributed by atoms with E-state index in [0.717, 1.165) is 5.56 Å². The smallest absolute Gasteiger partial charge is 0.274 e. The molecule has 0 unspecified atom stereocenters. The Hall–Kier alpha value is -3.22. The van der Waals surface area contributed by atoms with Crippen LogP contribution < -0.4 is 5.32 Å². The minimum Gasteiger partial charge on any atom is -0.346 e. The molecule has 29 heavy (non-hydrogen) atoms. The molecule has 0 aliphatic heterocycles. The van der Waals surface area contributed by atoms with Crippen LogP contribution in [-0.2, 0) is 6.54 Å². The van der Waals surface area contributed by atoms with Gasteiger partial charge in [-0.2, -0.15) is 0 Å². The summed E-state index contributed by atoms with van der Waals surface area (Å²) < 4.78 is 1.55. The number of nitrogens with zero attached hydrogens (tertiary/aromatic N) is 4. The van der Waals surface area contributed by atoms with Crippen molar-refractivity contribution in [3.8, 4) is 16.9 Å². The molecule has 0 aliphatic carbocycles. The number of para-hydroxylation sites is 1. The van der Waals surface area contributed by atoms with E-state index < -0.39 is 0 Å². The van der Waals surface area contributed by atoms with Gasteiger partial charge < -0.3 is 5.32 Å². The maximum atomic E-state index is 12.9. The summed E-state index contributed by atoms with van der Waals surface area (Å²) in [6, 6.07) is 18.2. The zero-order chi connectivity index (χ0) is 20.2. The van der Waals surface area contributed by atoms with Crippen LogP contribution in [0.3, 0.4) is 0 Å². The Kier molecular flexibility index (Phi) is 5.55. The van der Waals surface area contributed by atoms with E-state index in [-0.39, 0.29) is 18.1 Å². The highest BCUT2D eigenvalue weighted by atomic mass is 35.5. The van der Waals surface area contributed by atoms with Gasteiger partial charge in [0.2, 0.25) is 0 Å². The number of hydrogen-bond donors (Lipinski definition) is 1. The van der Waals surface area contributed by atoms with Gasteiger partial charge in [0.1, 0.15) is 5.69 Å². The molecule has 1 N–H and O–H groups in total. The van der Waals surface area contributed by atoms with Crippen molar-refractivity contribution in [2.24, 2.45) is 0 Å². The number of carbonyl (C=O) groups is 1. The quantitative estimate of drug-likeness (QED) is 0.510. The molecule has 0 saturated heterocycles. The summed E-state index contributed by atoms with van der Waals surface area (Å²) in [6.07, 6.45) is 3.31. The van der Waals surface area contributed by atoms with Crippen LogP contribution in [0.25, 0.3) is 16.9 Å². The SMILES string of the molecule is O=C(NCc1ccccc1Cl)c1nnn(-c2ccccc2Cl)c1-c1cccnc1. The van der Waals surface area contributed by atoms with Gasteiger partial charge in [0, 0.05) is 29.5 Å². The third-order valence-corrected chi connectivity index (χ3v) is 4.99. The normalized spacial score (nSPS) is 10.7. The van der Waals surface area contributed by atoms with Crippen LogP contribution in [0.4, 0.5) is 0 Å². The van der Waals surface area contributed by atoms with Crippen LogP contribution in [-0.4, -0.2) is 25.9 Å². The largest absolute Gasteiger partial charge is 0.346 e. The van der Waals surface area contributed by atoms with Crippen LogP contribution in [0.5, 0.6) is 0 Å². The topological polar surface area (TPSA) is 72.7 Å². The fraction of sp³-hybridized carbons (Fsp3) is 0.0476. The van der Waals surface area contributed by atoms with Crippen LogP contribution in [0, 0.1) is 0 Å². The lowest BCUT2D eigenvalue weighted by Gasteiger charge is -2.10. The Balaban J connectivity index is 1.73. The second-order valence-corrected chi connectivity index (χ2v) is 6.98. The van der Waals surface area contributed by atoms with E-state index in [4.69, 9.17) is 23.2 Å². The van der Waals surface area contributed by atoms with Gasteiger partial charge in [-0.15, -0.1) is 5.10 Å². The Morgan fingerprint density at radius 3 is 2.45 bits per heavy atom. The average Bonchev–Trinajstić information content (AvgIpc) is 3.19. The van der Waals surface area contributed by atoms with E-state index >= 15 is 0 Å². The highest BCUT2D eigenvalue weighted by molar-refractivity contribution is 6.32. The molecule has 8 heteroatoms. The predicted molar refractivity (Wildman–Crippen MR) is 112 cm³/mol. The molecule has 1 amide bonds. The van der Waals surface area contributed by atoms with Crippen LogP contribution in [0.1, 0.15) is 16.1 Å². The lowest BCUT2D eigenvalue weighted by molar-refractivity contribution is 0.0946. The molecule has 2 aromatic carbocycles. The monoisotopic (exact) mass is 423 g/mol. The highest BCUT2D eigenvalue weighted by Crippen LogP contribution is 2.28. The van der Waals surface area contributed by atoms with E-state index in [1.54, 1.807) is 35.3 Å². The van der Waals surface area contributed by atoms with Gasteiger partial charge in [-0.3, -0.25) is 9.78 Å². The van der Waals surface area contributed by atoms with Crippen LogP contribution >= 0.6 is 23.2 Å². The average molecular weight is 424 g/mol. The Morgan fingerprint density at radius 1 is 0.966 bits per heavy atom. The number of amides is 1. The predicted octanol–water partition coefficient (Wildman–Crippen LogP) is 4.57. The van der Waals surface area contributed by atoms with Crippen molar-refractivity contribution in [3.63, 3.8) is 0 Å². The van der Waals surface area contributed by atoms with Crippen molar-refractivity contribution in [1.82, 2.24) is 25.3 Å².